The second kappa shape index (κ2) is 17.1. The molecule has 0 heterocycles. The molecule has 2 aromatic carbocycles. The van der Waals surface area contributed by atoms with Crippen LogP contribution in [0.25, 0.3) is 5.57 Å². The molecule has 1 atom stereocenters. The zero-order chi connectivity index (χ0) is 22.1. The highest BCUT2D eigenvalue weighted by atomic mass is 14.2. The molecule has 0 aromatic heterocycles. The fourth-order valence-electron chi connectivity index (χ4n) is 3.57. The minimum atomic E-state index is 0.665. The molecule has 0 N–H and O–H groups in total. The smallest absolute Gasteiger partial charge is 0.0162 e. The Labute approximate surface area is 182 Å². The van der Waals surface area contributed by atoms with Gasteiger partial charge in [-0.2, -0.15) is 0 Å². The monoisotopic (exact) mass is 394 g/mol. The van der Waals surface area contributed by atoms with Crippen LogP contribution in [0.3, 0.4) is 0 Å². The normalized spacial score (nSPS) is 11.0. The number of allylic oxidation sites excluding steroid dienone is 1. The second-order valence-corrected chi connectivity index (χ2v) is 7.77. The lowest BCUT2D eigenvalue weighted by molar-refractivity contribution is 0.544. The van der Waals surface area contributed by atoms with E-state index in [9.17, 15) is 0 Å². The van der Waals surface area contributed by atoms with Crippen molar-refractivity contribution in [1.82, 2.24) is 0 Å². The molecule has 0 bridgehead atoms. The summed E-state index contributed by atoms with van der Waals surface area (Å²) in [4.78, 5) is 0. The van der Waals surface area contributed by atoms with Crippen molar-refractivity contribution in [3.8, 4) is 0 Å². The molecule has 0 heteroatoms. The summed E-state index contributed by atoms with van der Waals surface area (Å²) in [5, 5.41) is 0. The quantitative estimate of drug-likeness (QED) is 0.397. The van der Waals surface area contributed by atoms with E-state index in [1.807, 2.05) is 13.8 Å². The maximum atomic E-state index is 4.29. The SMILES string of the molecule is C=C(c1ccc(C)cc1)C(CCC)CCC.CC.CCCC(C)c1ccccc1. The first-order chi connectivity index (χ1) is 14.0. The Balaban J connectivity index is 0.000000526. The predicted molar refractivity (Wildman–Crippen MR) is 135 cm³/mol. The Hall–Kier alpha value is -1.82. The highest BCUT2D eigenvalue weighted by Crippen LogP contribution is 2.29. The highest BCUT2D eigenvalue weighted by Gasteiger charge is 2.12. The lowest BCUT2D eigenvalue weighted by atomic mass is 9.87. The summed E-state index contributed by atoms with van der Waals surface area (Å²) in [5.41, 5.74) is 5.43. The Morgan fingerprint density at radius 3 is 1.69 bits per heavy atom. The van der Waals surface area contributed by atoms with Gasteiger partial charge in [-0.05, 0) is 54.7 Å². The zero-order valence-electron chi connectivity index (χ0n) is 20.3. The van der Waals surface area contributed by atoms with Gasteiger partial charge in [-0.3, -0.25) is 0 Å². The average molecular weight is 395 g/mol. The van der Waals surface area contributed by atoms with Crippen LogP contribution in [-0.2, 0) is 0 Å². The van der Waals surface area contributed by atoms with Gasteiger partial charge in [0, 0.05) is 0 Å². The Morgan fingerprint density at radius 2 is 1.24 bits per heavy atom. The van der Waals surface area contributed by atoms with Crippen LogP contribution in [0.5, 0.6) is 0 Å². The van der Waals surface area contributed by atoms with Gasteiger partial charge >= 0.3 is 0 Å². The summed E-state index contributed by atoms with van der Waals surface area (Å²) in [5.74, 6) is 1.39. The summed E-state index contributed by atoms with van der Waals surface area (Å²) in [6.45, 7) is 19.5. The number of aryl methyl sites for hydroxylation is 1. The molecule has 0 radical (unpaired) electrons. The van der Waals surface area contributed by atoms with Gasteiger partial charge in [-0.15, -0.1) is 0 Å². The van der Waals surface area contributed by atoms with Crippen molar-refractivity contribution in [3.63, 3.8) is 0 Å². The summed E-state index contributed by atoms with van der Waals surface area (Å²) >= 11 is 0. The van der Waals surface area contributed by atoms with E-state index < -0.39 is 0 Å². The topological polar surface area (TPSA) is 0 Å². The molecule has 1 unspecified atom stereocenters. The number of hydrogen-bond donors (Lipinski definition) is 0. The molecule has 0 aliphatic heterocycles. The zero-order valence-corrected chi connectivity index (χ0v) is 20.3. The maximum Gasteiger partial charge on any atom is -0.0162 e. The molecule has 0 saturated heterocycles. The van der Waals surface area contributed by atoms with Gasteiger partial charge < -0.3 is 0 Å². The summed E-state index contributed by atoms with van der Waals surface area (Å²) in [6, 6.07) is 19.5. The van der Waals surface area contributed by atoms with Crippen molar-refractivity contribution in [2.24, 2.45) is 5.92 Å². The lowest BCUT2D eigenvalue weighted by Crippen LogP contribution is -2.02. The van der Waals surface area contributed by atoms with Gasteiger partial charge in [0.15, 0.2) is 0 Å². The predicted octanol–water partition coefficient (Wildman–Crippen LogP) is 9.84. The van der Waals surface area contributed by atoms with Gasteiger partial charge in [-0.1, -0.05) is 128 Å². The molecule has 2 aromatic rings. The lowest BCUT2D eigenvalue weighted by Gasteiger charge is -2.18. The van der Waals surface area contributed by atoms with Crippen molar-refractivity contribution in [2.75, 3.05) is 0 Å². The Kier molecular flexibility index (Phi) is 16.0. The van der Waals surface area contributed by atoms with Crippen LogP contribution in [0, 0.1) is 12.8 Å². The molecule has 0 fully saturated rings. The van der Waals surface area contributed by atoms with Gasteiger partial charge in [0.05, 0.1) is 0 Å². The van der Waals surface area contributed by atoms with E-state index in [4.69, 9.17) is 0 Å². The fraction of sp³-hybridized carbons (Fsp3) is 0.517. The van der Waals surface area contributed by atoms with E-state index in [2.05, 4.69) is 95.8 Å². The molecule has 0 saturated carbocycles. The van der Waals surface area contributed by atoms with Crippen molar-refractivity contribution < 1.29 is 0 Å². The standard InChI is InChI=1S/C16H24.C11H16.C2H6/c1-5-7-15(8-6-2)14(4)16-11-9-13(3)10-12-16;1-3-7-10(2)11-8-5-4-6-9-11;1-2/h9-12,15H,4-8H2,1-3H3;4-6,8-10H,3,7H2,1-2H3;1-2H3. The van der Waals surface area contributed by atoms with Crippen molar-refractivity contribution in [2.45, 2.75) is 92.9 Å². The molecular weight excluding hydrogens is 348 g/mol. The minimum Gasteiger partial charge on any atom is -0.0950 e. The van der Waals surface area contributed by atoms with E-state index in [-0.39, 0.29) is 0 Å². The van der Waals surface area contributed by atoms with Crippen LogP contribution >= 0.6 is 0 Å². The molecular formula is C29H46. The molecule has 0 aliphatic rings. The number of hydrogen-bond acceptors (Lipinski definition) is 0. The third-order valence-electron chi connectivity index (χ3n) is 5.28. The maximum absolute atomic E-state index is 4.29. The van der Waals surface area contributed by atoms with Gasteiger partial charge in [0.2, 0.25) is 0 Å². The molecule has 0 nitrogen and oxygen atoms in total. The molecule has 0 spiro atoms. The average Bonchev–Trinajstić information content (AvgIpc) is 2.76. The molecule has 0 aliphatic carbocycles. The summed E-state index contributed by atoms with van der Waals surface area (Å²) in [7, 11) is 0. The van der Waals surface area contributed by atoms with E-state index in [0.717, 1.165) is 5.92 Å². The largest absolute Gasteiger partial charge is 0.0950 e. The van der Waals surface area contributed by atoms with Crippen LogP contribution in [0.2, 0.25) is 0 Å². The van der Waals surface area contributed by atoms with Crippen LogP contribution in [0.1, 0.15) is 103 Å². The van der Waals surface area contributed by atoms with Crippen molar-refractivity contribution in [1.29, 1.82) is 0 Å². The Bertz CT molecular complexity index is 615. The van der Waals surface area contributed by atoms with Crippen molar-refractivity contribution in [3.05, 3.63) is 77.9 Å². The first-order valence-corrected chi connectivity index (χ1v) is 11.8. The van der Waals surface area contributed by atoms with Gasteiger partial charge in [-0.25, -0.2) is 0 Å². The van der Waals surface area contributed by atoms with E-state index in [0.29, 0.717) is 5.92 Å². The minimum absolute atomic E-state index is 0.665. The van der Waals surface area contributed by atoms with Crippen molar-refractivity contribution >= 4 is 5.57 Å². The highest BCUT2D eigenvalue weighted by molar-refractivity contribution is 5.65. The number of benzene rings is 2. The number of rotatable bonds is 9. The van der Waals surface area contributed by atoms with E-state index in [1.54, 1.807) is 0 Å². The van der Waals surface area contributed by atoms with Gasteiger partial charge in [0.1, 0.15) is 0 Å². The first-order valence-electron chi connectivity index (χ1n) is 11.8. The molecule has 2 rings (SSSR count). The van der Waals surface area contributed by atoms with Crippen LogP contribution in [-0.4, -0.2) is 0 Å². The van der Waals surface area contributed by atoms with E-state index in [1.165, 1.54) is 60.8 Å². The third-order valence-corrected chi connectivity index (χ3v) is 5.28. The van der Waals surface area contributed by atoms with Crippen LogP contribution < -0.4 is 0 Å². The summed E-state index contributed by atoms with van der Waals surface area (Å²) < 4.78 is 0. The van der Waals surface area contributed by atoms with E-state index >= 15 is 0 Å². The second-order valence-electron chi connectivity index (χ2n) is 7.77. The van der Waals surface area contributed by atoms with Crippen LogP contribution in [0.4, 0.5) is 0 Å². The first kappa shape index (κ1) is 27.2. The van der Waals surface area contributed by atoms with Crippen LogP contribution in [0.15, 0.2) is 61.2 Å². The fourth-order valence-corrected chi connectivity index (χ4v) is 3.57. The molecule has 0 amide bonds. The Morgan fingerprint density at radius 1 is 0.759 bits per heavy atom. The third kappa shape index (κ3) is 11.1. The van der Waals surface area contributed by atoms with Gasteiger partial charge in [0.25, 0.3) is 0 Å². The summed E-state index contributed by atoms with van der Waals surface area (Å²) in [6.07, 6.45) is 7.59. The molecule has 162 valence electrons. The molecule has 29 heavy (non-hydrogen) atoms.